The van der Waals surface area contributed by atoms with E-state index in [0.29, 0.717) is 17.1 Å². The molecule has 34 heavy (non-hydrogen) atoms. The highest BCUT2D eigenvalue weighted by molar-refractivity contribution is 6.15. The van der Waals surface area contributed by atoms with Gasteiger partial charge in [-0.1, -0.05) is 18.2 Å². The standard InChI is InChI=1S/C25H26N4O5/c1-15-13-26-20(16(2)24(15)34-5)14-27-25(31)19-9-7-6-8-18(19)23(30)17-10-11-21(28(3)4)22(12-17)29(32)33/h6-13H,14H2,1-5H3,(H,27,31). The van der Waals surface area contributed by atoms with E-state index in [4.69, 9.17) is 4.74 Å². The number of ketones is 1. The number of hydrogen-bond donors (Lipinski definition) is 1. The van der Waals surface area contributed by atoms with Crippen LogP contribution in [0.1, 0.15) is 43.1 Å². The summed E-state index contributed by atoms with van der Waals surface area (Å²) in [6, 6.07) is 10.6. The molecule has 3 rings (SSSR count). The van der Waals surface area contributed by atoms with Gasteiger partial charge < -0.3 is 15.0 Å². The lowest BCUT2D eigenvalue weighted by Gasteiger charge is -2.14. The van der Waals surface area contributed by atoms with E-state index in [1.54, 1.807) is 50.5 Å². The average Bonchev–Trinajstić information content (AvgIpc) is 2.82. The van der Waals surface area contributed by atoms with E-state index in [2.05, 4.69) is 10.3 Å². The van der Waals surface area contributed by atoms with Crippen LogP contribution in [0.25, 0.3) is 0 Å². The zero-order valence-corrected chi connectivity index (χ0v) is 19.7. The highest BCUT2D eigenvalue weighted by atomic mass is 16.6. The normalized spacial score (nSPS) is 10.5. The van der Waals surface area contributed by atoms with Crippen LogP contribution in [0.4, 0.5) is 11.4 Å². The monoisotopic (exact) mass is 462 g/mol. The van der Waals surface area contributed by atoms with E-state index in [-0.39, 0.29) is 28.9 Å². The number of hydrogen-bond acceptors (Lipinski definition) is 7. The molecule has 0 aliphatic heterocycles. The summed E-state index contributed by atoms with van der Waals surface area (Å²) in [5.41, 5.74) is 2.99. The summed E-state index contributed by atoms with van der Waals surface area (Å²) in [4.78, 5) is 43.2. The van der Waals surface area contributed by atoms with Crippen molar-refractivity contribution in [3.05, 3.63) is 92.3 Å². The number of methoxy groups -OCH3 is 1. The highest BCUT2D eigenvalue weighted by Crippen LogP contribution is 2.29. The van der Waals surface area contributed by atoms with Gasteiger partial charge in [-0.05, 0) is 32.0 Å². The Kier molecular flexibility index (Phi) is 7.25. The number of amides is 1. The molecule has 0 radical (unpaired) electrons. The first-order valence-corrected chi connectivity index (χ1v) is 10.5. The molecule has 2 aromatic carbocycles. The zero-order chi connectivity index (χ0) is 25.0. The lowest BCUT2D eigenvalue weighted by atomic mass is 9.97. The van der Waals surface area contributed by atoms with Gasteiger partial charge in [0.1, 0.15) is 11.4 Å². The van der Waals surface area contributed by atoms with Crippen molar-refractivity contribution in [2.45, 2.75) is 20.4 Å². The number of benzene rings is 2. The molecule has 176 valence electrons. The lowest BCUT2D eigenvalue weighted by Crippen LogP contribution is -2.26. The van der Waals surface area contributed by atoms with Crippen LogP contribution in [-0.2, 0) is 6.54 Å². The molecule has 3 aromatic rings. The topological polar surface area (TPSA) is 115 Å². The number of anilines is 1. The fourth-order valence-electron chi connectivity index (χ4n) is 3.73. The van der Waals surface area contributed by atoms with Crippen LogP contribution in [0.3, 0.4) is 0 Å². The maximum Gasteiger partial charge on any atom is 0.293 e. The highest BCUT2D eigenvalue weighted by Gasteiger charge is 2.23. The predicted molar refractivity (Wildman–Crippen MR) is 129 cm³/mol. The molecule has 0 atom stereocenters. The van der Waals surface area contributed by atoms with Crippen LogP contribution in [0.15, 0.2) is 48.7 Å². The van der Waals surface area contributed by atoms with Gasteiger partial charge in [0.2, 0.25) is 0 Å². The SMILES string of the molecule is COc1c(C)cnc(CNC(=O)c2ccccc2C(=O)c2ccc(N(C)C)c([N+](=O)[O-])c2)c1C. The molecule has 0 spiro atoms. The molecule has 0 saturated heterocycles. The summed E-state index contributed by atoms with van der Waals surface area (Å²) in [7, 11) is 4.95. The van der Waals surface area contributed by atoms with Crippen LogP contribution < -0.4 is 15.0 Å². The number of nitrogens with one attached hydrogen (secondary N) is 1. The second kappa shape index (κ2) is 10.1. The van der Waals surface area contributed by atoms with Crippen molar-refractivity contribution in [3.63, 3.8) is 0 Å². The van der Waals surface area contributed by atoms with Gasteiger partial charge in [0.05, 0.1) is 29.8 Å². The van der Waals surface area contributed by atoms with E-state index in [1.165, 1.54) is 24.3 Å². The van der Waals surface area contributed by atoms with E-state index >= 15 is 0 Å². The Labute approximate surface area is 197 Å². The molecule has 1 amide bonds. The zero-order valence-electron chi connectivity index (χ0n) is 19.7. The molecule has 0 aliphatic carbocycles. The molecule has 0 unspecified atom stereocenters. The number of rotatable bonds is 8. The number of aryl methyl sites for hydroxylation is 1. The Hall–Kier alpha value is -4.27. The molecule has 0 aliphatic rings. The first-order chi connectivity index (χ1) is 16.1. The van der Waals surface area contributed by atoms with Crippen molar-refractivity contribution in [1.29, 1.82) is 0 Å². The predicted octanol–water partition coefficient (Wildman–Crippen LogP) is 3.84. The number of carbonyl (C=O) groups is 2. The molecule has 1 aromatic heterocycles. The third kappa shape index (κ3) is 4.88. The largest absolute Gasteiger partial charge is 0.496 e. The minimum Gasteiger partial charge on any atom is -0.496 e. The maximum absolute atomic E-state index is 13.2. The lowest BCUT2D eigenvalue weighted by molar-refractivity contribution is -0.384. The Morgan fingerprint density at radius 1 is 1.12 bits per heavy atom. The van der Waals surface area contributed by atoms with Crippen LogP contribution in [0.2, 0.25) is 0 Å². The van der Waals surface area contributed by atoms with Gasteiger partial charge in [-0.3, -0.25) is 24.7 Å². The van der Waals surface area contributed by atoms with Crippen molar-refractivity contribution in [2.24, 2.45) is 0 Å². The molecule has 0 fully saturated rings. The number of ether oxygens (including phenoxy) is 1. The summed E-state index contributed by atoms with van der Waals surface area (Å²) in [5, 5.41) is 14.3. The summed E-state index contributed by atoms with van der Waals surface area (Å²) in [5.74, 6) is -0.229. The smallest absolute Gasteiger partial charge is 0.293 e. The van der Waals surface area contributed by atoms with Gasteiger partial charge in [-0.2, -0.15) is 0 Å². The average molecular weight is 463 g/mol. The third-order valence-corrected chi connectivity index (χ3v) is 5.50. The number of aromatic nitrogens is 1. The summed E-state index contributed by atoms with van der Waals surface area (Å²) >= 11 is 0. The van der Waals surface area contributed by atoms with Crippen LogP contribution in [0, 0.1) is 24.0 Å². The molecule has 1 heterocycles. The number of nitrogens with zero attached hydrogens (tertiary/aromatic N) is 3. The van der Waals surface area contributed by atoms with Crippen LogP contribution in [-0.4, -0.2) is 42.8 Å². The first kappa shape index (κ1) is 24.4. The van der Waals surface area contributed by atoms with Gasteiger partial charge in [-0.15, -0.1) is 0 Å². The Morgan fingerprint density at radius 3 is 2.41 bits per heavy atom. The fourth-order valence-corrected chi connectivity index (χ4v) is 3.73. The quantitative estimate of drug-likeness (QED) is 0.307. The molecular weight excluding hydrogens is 436 g/mol. The second-order valence-electron chi connectivity index (χ2n) is 7.96. The first-order valence-electron chi connectivity index (χ1n) is 10.5. The minimum absolute atomic E-state index is 0.123. The van der Waals surface area contributed by atoms with E-state index in [1.807, 2.05) is 13.8 Å². The summed E-state index contributed by atoms with van der Waals surface area (Å²) < 4.78 is 5.41. The molecular formula is C25H26N4O5. The second-order valence-corrected chi connectivity index (χ2v) is 7.96. The molecule has 1 N–H and O–H groups in total. The van der Waals surface area contributed by atoms with E-state index < -0.39 is 16.6 Å². The Balaban J connectivity index is 1.89. The number of nitro benzene ring substituents is 1. The van der Waals surface area contributed by atoms with Crippen LogP contribution >= 0.6 is 0 Å². The Morgan fingerprint density at radius 2 is 1.79 bits per heavy atom. The molecule has 9 heteroatoms. The van der Waals surface area contributed by atoms with Gasteiger partial charge >= 0.3 is 0 Å². The van der Waals surface area contributed by atoms with Gasteiger partial charge in [0.25, 0.3) is 11.6 Å². The number of nitro groups is 1. The summed E-state index contributed by atoms with van der Waals surface area (Å²) in [6.07, 6.45) is 1.68. The molecule has 9 nitrogen and oxygen atoms in total. The van der Waals surface area contributed by atoms with Crippen LogP contribution in [0.5, 0.6) is 5.75 Å². The van der Waals surface area contributed by atoms with E-state index in [9.17, 15) is 19.7 Å². The van der Waals surface area contributed by atoms with E-state index in [0.717, 1.165) is 11.1 Å². The van der Waals surface area contributed by atoms with Crippen molar-refractivity contribution >= 4 is 23.1 Å². The summed E-state index contributed by atoms with van der Waals surface area (Å²) in [6.45, 7) is 3.90. The number of pyridine rings is 1. The third-order valence-electron chi connectivity index (χ3n) is 5.50. The van der Waals surface area contributed by atoms with Crippen molar-refractivity contribution in [3.8, 4) is 5.75 Å². The fraction of sp³-hybridized carbons (Fsp3) is 0.240. The minimum atomic E-state index is -0.532. The molecule has 0 bridgehead atoms. The molecule has 0 saturated carbocycles. The van der Waals surface area contributed by atoms with Gasteiger partial charge in [0.15, 0.2) is 5.78 Å². The Bertz CT molecular complexity index is 1270. The number of carbonyl (C=O) groups excluding carboxylic acids is 2. The van der Waals surface area contributed by atoms with Crippen molar-refractivity contribution in [1.82, 2.24) is 10.3 Å². The van der Waals surface area contributed by atoms with Crippen molar-refractivity contribution in [2.75, 3.05) is 26.1 Å². The van der Waals surface area contributed by atoms with Gasteiger partial charge in [-0.25, -0.2) is 0 Å². The maximum atomic E-state index is 13.2. The van der Waals surface area contributed by atoms with Gasteiger partial charge in [0, 0.05) is 48.6 Å². The van der Waals surface area contributed by atoms with Crippen molar-refractivity contribution < 1.29 is 19.2 Å².